The smallest absolute Gasteiger partial charge is 0.269 e. The lowest BCUT2D eigenvalue weighted by Gasteiger charge is -2.14. The maximum absolute atomic E-state index is 12.0. The Hall–Kier alpha value is -2.18. The van der Waals surface area contributed by atoms with Gasteiger partial charge in [0.2, 0.25) is 0 Å². The number of benzene rings is 1. The van der Waals surface area contributed by atoms with E-state index in [0.29, 0.717) is 17.9 Å². The van der Waals surface area contributed by atoms with Crippen LogP contribution in [-0.2, 0) is 6.54 Å². The summed E-state index contributed by atoms with van der Waals surface area (Å²) < 4.78 is 6.54. The fraction of sp³-hybridized carbons (Fsp3) is 0.333. The predicted molar refractivity (Wildman–Crippen MR) is 97.1 cm³/mol. The van der Waals surface area contributed by atoms with Crippen LogP contribution >= 0.6 is 11.3 Å². The molecule has 2 N–H and O–H groups in total. The highest BCUT2D eigenvalue weighted by Gasteiger charge is 2.10. The number of ether oxygens (including phenoxy) is 1. The van der Waals surface area contributed by atoms with Gasteiger partial charge in [0.1, 0.15) is 30.1 Å². The summed E-state index contributed by atoms with van der Waals surface area (Å²) in [6.45, 7) is 6.26. The molecule has 1 aromatic carbocycles. The minimum absolute atomic E-state index is 0.0516. The molecule has 2 aromatic heterocycles. The highest BCUT2D eigenvalue weighted by atomic mass is 32.1. The molecule has 0 aliphatic carbocycles. The van der Waals surface area contributed by atoms with E-state index in [1.54, 1.807) is 0 Å². The van der Waals surface area contributed by atoms with Crippen LogP contribution in [0.5, 0.6) is 5.75 Å². The molecule has 0 bridgehead atoms. The number of H-pyrrole nitrogens is 1. The van der Waals surface area contributed by atoms with Gasteiger partial charge in [0.05, 0.1) is 12.6 Å². The molecule has 0 fully saturated rings. The summed E-state index contributed by atoms with van der Waals surface area (Å²) in [7, 11) is 2.07. The first-order chi connectivity index (χ1) is 11.5. The van der Waals surface area contributed by atoms with Crippen molar-refractivity contribution in [2.45, 2.75) is 20.4 Å². The maximum atomic E-state index is 12.0. The summed E-state index contributed by atoms with van der Waals surface area (Å²) in [4.78, 5) is 20.6. The van der Waals surface area contributed by atoms with Crippen molar-refractivity contribution >= 4 is 21.6 Å². The monoisotopic (exact) mass is 344 g/mol. The molecular weight excluding hydrogens is 322 g/mol. The van der Waals surface area contributed by atoms with Gasteiger partial charge < -0.3 is 14.6 Å². The summed E-state index contributed by atoms with van der Waals surface area (Å²) in [5, 5.41) is 1.89. The van der Waals surface area contributed by atoms with Crippen LogP contribution in [0.25, 0.3) is 10.2 Å². The average molecular weight is 344 g/mol. The second-order valence-electron chi connectivity index (χ2n) is 6.20. The fourth-order valence-electron chi connectivity index (χ4n) is 2.74. The summed E-state index contributed by atoms with van der Waals surface area (Å²) in [6.07, 6.45) is 0. The van der Waals surface area contributed by atoms with Gasteiger partial charge >= 0.3 is 0 Å². The molecule has 0 spiro atoms. The molecule has 5 nitrogen and oxygen atoms in total. The van der Waals surface area contributed by atoms with E-state index in [1.165, 1.54) is 27.4 Å². The number of aryl methyl sites for hydroxylation is 2. The molecule has 0 amide bonds. The maximum Gasteiger partial charge on any atom is 0.269 e. The van der Waals surface area contributed by atoms with Gasteiger partial charge in [0, 0.05) is 0 Å². The summed E-state index contributed by atoms with van der Waals surface area (Å²) in [6, 6.07) is 8.11. The van der Waals surface area contributed by atoms with Crippen LogP contribution in [0.1, 0.15) is 17.0 Å². The van der Waals surface area contributed by atoms with Gasteiger partial charge in [0.25, 0.3) is 5.56 Å². The minimum Gasteiger partial charge on any atom is -0.488 e. The van der Waals surface area contributed by atoms with Crippen LogP contribution in [0.4, 0.5) is 0 Å². The third-order valence-electron chi connectivity index (χ3n) is 3.83. The Bertz CT molecular complexity index is 880. The second-order valence-corrected chi connectivity index (χ2v) is 7.12. The number of hydrogen-bond donors (Lipinski definition) is 2. The first kappa shape index (κ1) is 16.7. The van der Waals surface area contributed by atoms with E-state index < -0.39 is 0 Å². The number of hydrogen-bond acceptors (Lipinski definition) is 4. The van der Waals surface area contributed by atoms with Gasteiger partial charge in [-0.3, -0.25) is 4.79 Å². The quantitative estimate of drug-likeness (QED) is 0.715. The third kappa shape index (κ3) is 4.01. The van der Waals surface area contributed by atoms with Gasteiger partial charge in [-0.05, 0) is 48.6 Å². The van der Waals surface area contributed by atoms with E-state index >= 15 is 0 Å². The van der Waals surface area contributed by atoms with E-state index in [4.69, 9.17) is 4.74 Å². The first-order valence-electron chi connectivity index (χ1n) is 8.00. The number of quaternary nitrogens is 1. The molecule has 0 aliphatic rings. The normalized spacial score (nSPS) is 12.5. The SMILES string of the molecule is Cc1cc(C)cc(OCC[NH+](C)Cc2nc3ccsc3c(=O)[nH]2)c1. The van der Waals surface area contributed by atoms with Crippen molar-refractivity contribution in [3.8, 4) is 5.75 Å². The molecule has 3 aromatic rings. The number of likely N-dealkylation sites (N-methyl/N-ethyl adjacent to an activating group) is 1. The number of aromatic amines is 1. The zero-order valence-corrected chi connectivity index (χ0v) is 15.0. The number of rotatable bonds is 6. The predicted octanol–water partition coefficient (Wildman–Crippen LogP) is 1.70. The highest BCUT2D eigenvalue weighted by molar-refractivity contribution is 7.17. The van der Waals surface area contributed by atoms with Crippen LogP contribution in [0.2, 0.25) is 0 Å². The number of nitrogens with one attached hydrogen (secondary N) is 2. The molecular formula is C18H22N3O2S+. The Kier molecular flexibility index (Phi) is 4.97. The van der Waals surface area contributed by atoms with E-state index in [9.17, 15) is 4.79 Å². The Morgan fingerprint density at radius 1 is 1.25 bits per heavy atom. The summed E-state index contributed by atoms with van der Waals surface area (Å²) in [5.41, 5.74) is 3.13. The van der Waals surface area contributed by atoms with Crippen LogP contribution in [0.3, 0.4) is 0 Å². The van der Waals surface area contributed by atoms with Crippen molar-refractivity contribution < 1.29 is 9.64 Å². The Morgan fingerprint density at radius 3 is 2.75 bits per heavy atom. The van der Waals surface area contributed by atoms with Gasteiger partial charge in [-0.2, -0.15) is 0 Å². The lowest BCUT2D eigenvalue weighted by molar-refractivity contribution is -0.894. The molecule has 3 rings (SSSR count). The van der Waals surface area contributed by atoms with E-state index in [-0.39, 0.29) is 5.56 Å². The van der Waals surface area contributed by atoms with Crippen LogP contribution in [0.15, 0.2) is 34.4 Å². The van der Waals surface area contributed by atoms with Crippen molar-refractivity contribution in [1.29, 1.82) is 0 Å². The molecule has 0 saturated heterocycles. The van der Waals surface area contributed by atoms with Crippen LogP contribution in [0, 0.1) is 13.8 Å². The Labute approximate surface area is 144 Å². The van der Waals surface area contributed by atoms with Gasteiger partial charge in [0.15, 0.2) is 5.82 Å². The first-order valence-corrected chi connectivity index (χ1v) is 8.88. The summed E-state index contributed by atoms with van der Waals surface area (Å²) >= 11 is 1.42. The molecule has 24 heavy (non-hydrogen) atoms. The second kappa shape index (κ2) is 7.15. The van der Waals surface area contributed by atoms with Crippen molar-refractivity contribution in [3.63, 3.8) is 0 Å². The zero-order valence-electron chi connectivity index (χ0n) is 14.2. The largest absolute Gasteiger partial charge is 0.488 e. The van der Waals surface area contributed by atoms with Crippen LogP contribution in [-0.4, -0.2) is 30.2 Å². The van der Waals surface area contributed by atoms with E-state index in [0.717, 1.165) is 23.6 Å². The van der Waals surface area contributed by atoms with Crippen molar-refractivity contribution in [2.24, 2.45) is 0 Å². The molecule has 1 atom stereocenters. The molecule has 0 aliphatic heterocycles. The van der Waals surface area contributed by atoms with Gasteiger partial charge in [-0.15, -0.1) is 11.3 Å². The molecule has 2 heterocycles. The van der Waals surface area contributed by atoms with E-state index in [1.807, 2.05) is 23.6 Å². The average Bonchev–Trinajstić information content (AvgIpc) is 2.95. The molecule has 6 heteroatoms. The summed E-state index contributed by atoms with van der Waals surface area (Å²) in [5.74, 6) is 1.63. The van der Waals surface area contributed by atoms with Crippen molar-refractivity contribution in [3.05, 3.63) is 57.0 Å². The number of thiophene rings is 1. The third-order valence-corrected chi connectivity index (χ3v) is 4.73. The van der Waals surface area contributed by atoms with Crippen molar-refractivity contribution in [1.82, 2.24) is 9.97 Å². The van der Waals surface area contributed by atoms with Gasteiger partial charge in [-0.1, -0.05) is 6.07 Å². The standard InChI is InChI=1S/C18H21N3O2S/c1-12-8-13(2)10-14(9-12)23-6-5-21(3)11-16-19-15-4-7-24-17(15)18(22)20-16/h4,7-10H,5-6,11H2,1-3H3,(H,19,20,22)/p+1. The fourth-order valence-corrected chi connectivity index (χ4v) is 3.46. The number of aromatic nitrogens is 2. The molecule has 0 saturated carbocycles. The van der Waals surface area contributed by atoms with Crippen LogP contribution < -0.4 is 15.2 Å². The molecule has 1 unspecified atom stereocenters. The van der Waals surface area contributed by atoms with Crippen molar-refractivity contribution in [2.75, 3.05) is 20.2 Å². The lowest BCUT2D eigenvalue weighted by atomic mass is 10.1. The zero-order chi connectivity index (χ0) is 17.1. The highest BCUT2D eigenvalue weighted by Crippen LogP contribution is 2.16. The molecule has 0 radical (unpaired) electrons. The number of nitrogens with zero attached hydrogens (tertiary/aromatic N) is 1. The van der Waals surface area contributed by atoms with E-state index in [2.05, 4.69) is 36.9 Å². The Morgan fingerprint density at radius 2 is 2.00 bits per heavy atom. The van der Waals surface area contributed by atoms with Gasteiger partial charge in [-0.25, -0.2) is 4.98 Å². The topological polar surface area (TPSA) is 59.4 Å². The Balaban J connectivity index is 1.56. The number of fused-ring (bicyclic) bond motifs is 1. The molecule has 126 valence electrons. The lowest BCUT2D eigenvalue weighted by Crippen LogP contribution is -3.08. The minimum atomic E-state index is -0.0516.